The van der Waals surface area contributed by atoms with Crippen molar-refractivity contribution in [1.29, 1.82) is 0 Å². The number of benzene rings is 1. The first-order valence-corrected chi connectivity index (χ1v) is 7.09. The van der Waals surface area contributed by atoms with Crippen molar-refractivity contribution >= 4 is 23.0 Å². The number of hydrogen-bond donors (Lipinski definition) is 2. The summed E-state index contributed by atoms with van der Waals surface area (Å²) in [4.78, 5) is 4.11. The molecule has 0 saturated heterocycles. The average molecular weight is 317 g/mol. The Morgan fingerprint density at radius 1 is 1.32 bits per heavy atom. The molecule has 2 N–H and O–H groups in total. The molecule has 6 nitrogen and oxygen atoms in total. The molecule has 7 heteroatoms. The largest absolute Gasteiger partial charge is 0.480 e. The van der Waals surface area contributed by atoms with Crippen molar-refractivity contribution in [3.8, 4) is 17.4 Å². The van der Waals surface area contributed by atoms with E-state index in [1.807, 2.05) is 30.3 Å². The van der Waals surface area contributed by atoms with Crippen LogP contribution in [0, 0.1) is 0 Å². The molecule has 22 heavy (non-hydrogen) atoms. The maximum atomic E-state index is 5.35. The molecule has 1 aromatic carbocycles. The lowest BCUT2D eigenvalue weighted by Crippen LogP contribution is -2.28. The van der Waals surface area contributed by atoms with E-state index in [0.29, 0.717) is 23.2 Å². The summed E-state index contributed by atoms with van der Waals surface area (Å²) in [5.41, 5.74) is 1.76. The minimum Gasteiger partial charge on any atom is -0.480 e. The van der Waals surface area contributed by atoms with Gasteiger partial charge in [0.2, 0.25) is 12.7 Å². The molecule has 0 amide bonds. The summed E-state index contributed by atoms with van der Waals surface area (Å²) in [5, 5.41) is 6.68. The number of rotatable bonds is 4. The molecule has 3 rings (SSSR count). The highest BCUT2D eigenvalue weighted by molar-refractivity contribution is 7.80. The lowest BCUT2D eigenvalue weighted by molar-refractivity contribution is 0.174. The molecule has 0 unspecified atom stereocenters. The number of nitrogens with zero attached hydrogens (tertiary/aromatic N) is 1. The summed E-state index contributed by atoms with van der Waals surface area (Å²) in [6.45, 7) is 0.845. The van der Waals surface area contributed by atoms with Crippen LogP contribution in [-0.4, -0.2) is 24.0 Å². The van der Waals surface area contributed by atoms with Crippen LogP contribution in [0.3, 0.4) is 0 Å². The molecule has 0 fully saturated rings. The van der Waals surface area contributed by atoms with E-state index in [4.69, 9.17) is 26.4 Å². The van der Waals surface area contributed by atoms with Crippen LogP contribution in [0.15, 0.2) is 36.5 Å². The molecule has 2 heterocycles. The van der Waals surface area contributed by atoms with Crippen LogP contribution >= 0.6 is 12.2 Å². The standard InChI is InChI=1S/C15H15N3O3S/c1-19-14-11(3-2-6-16-14)18-15(22)17-8-10-4-5-12-13(7-10)21-9-20-12/h2-7H,8-9H2,1H3,(H2,17,18,22). The normalized spacial score (nSPS) is 11.9. The van der Waals surface area contributed by atoms with E-state index in [1.165, 1.54) is 0 Å². The lowest BCUT2D eigenvalue weighted by atomic mass is 10.2. The van der Waals surface area contributed by atoms with Gasteiger partial charge in [-0.1, -0.05) is 6.07 Å². The van der Waals surface area contributed by atoms with E-state index in [2.05, 4.69) is 15.6 Å². The monoisotopic (exact) mass is 317 g/mol. The molecule has 1 aliphatic heterocycles. The highest BCUT2D eigenvalue weighted by Crippen LogP contribution is 2.32. The smallest absolute Gasteiger partial charge is 0.237 e. The van der Waals surface area contributed by atoms with Gasteiger partial charge in [0.05, 0.1) is 7.11 Å². The van der Waals surface area contributed by atoms with E-state index >= 15 is 0 Å². The molecule has 0 bridgehead atoms. The summed E-state index contributed by atoms with van der Waals surface area (Å²) in [5.74, 6) is 2.02. The number of nitrogens with one attached hydrogen (secondary N) is 2. The SMILES string of the molecule is COc1ncccc1NC(=S)NCc1ccc2c(c1)OCO2. The Bertz CT molecular complexity index is 693. The van der Waals surface area contributed by atoms with Gasteiger partial charge in [-0.2, -0.15) is 0 Å². The maximum Gasteiger partial charge on any atom is 0.237 e. The van der Waals surface area contributed by atoms with Crippen molar-refractivity contribution in [3.63, 3.8) is 0 Å². The van der Waals surface area contributed by atoms with E-state index in [1.54, 1.807) is 13.3 Å². The van der Waals surface area contributed by atoms with Crippen molar-refractivity contribution in [1.82, 2.24) is 10.3 Å². The van der Waals surface area contributed by atoms with E-state index < -0.39 is 0 Å². The maximum absolute atomic E-state index is 5.35. The van der Waals surface area contributed by atoms with Crippen molar-refractivity contribution in [2.24, 2.45) is 0 Å². The fraction of sp³-hybridized carbons (Fsp3) is 0.200. The summed E-state index contributed by atoms with van der Waals surface area (Å²) < 4.78 is 15.8. The molecule has 1 aliphatic rings. The van der Waals surface area contributed by atoms with Crippen LogP contribution in [-0.2, 0) is 6.54 Å². The Kier molecular flexibility index (Phi) is 4.24. The molecule has 0 radical (unpaired) electrons. The van der Waals surface area contributed by atoms with Crippen LogP contribution in [0.2, 0.25) is 0 Å². The molecular weight excluding hydrogens is 302 g/mol. The van der Waals surface area contributed by atoms with Gasteiger partial charge in [-0.15, -0.1) is 0 Å². The Hall–Kier alpha value is -2.54. The van der Waals surface area contributed by atoms with Gasteiger partial charge in [0.15, 0.2) is 16.6 Å². The molecule has 0 aliphatic carbocycles. The van der Waals surface area contributed by atoms with Crippen molar-refractivity contribution in [2.75, 3.05) is 19.2 Å². The predicted molar refractivity (Wildman–Crippen MR) is 86.4 cm³/mol. The van der Waals surface area contributed by atoms with Gasteiger partial charge >= 0.3 is 0 Å². The minimum absolute atomic E-state index is 0.271. The van der Waals surface area contributed by atoms with Gasteiger partial charge < -0.3 is 24.8 Å². The molecule has 0 saturated carbocycles. The summed E-state index contributed by atoms with van der Waals surface area (Å²) in [6, 6.07) is 9.45. The second kappa shape index (κ2) is 6.48. The number of pyridine rings is 1. The second-order valence-electron chi connectivity index (χ2n) is 4.56. The Morgan fingerprint density at radius 2 is 2.18 bits per heavy atom. The number of ether oxygens (including phenoxy) is 3. The van der Waals surface area contributed by atoms with Gasteiger partial charge in [-0.25, -0.2) is 4.98 Å². The van der Waals surface area contributed by atoms with E-state index in [0.717, 1.165) is 17.1 Å². The first kappa shape index (κ1) is 14.4. The quantitative estimate of drug-likeness (QED) is 0.839. The second-order valence-corrected chi connectivity index (χ2v) is 4.96. The van der Waals surface area contributed by atoms with Crippen molar-refractivity contribution in [2.45, 2.75) is 6.54 Å². The summed E-state index contributed by atoms with van der Waals surface area (Å²) >= 11 is 5.28. The third-order valence-corrected chi connectivity index (χ3v) is 3.35. The van der Waals surface area contributed by atoms with Crippen LogP contribution in [0.5, 0.6) is 17.4 Å². The Balaban J connectivity index is 1.58. The molecule has 1 aromatic heterocycles. The Morgan fingerprint density at radius 3 is 3.05 bits per heavy atom. The van der Waals surface area contributed by atoms with Gasteiger partial charge in [0, 0.05) is 12.7 Å². The van der Waals surface area contributed by atoms with Crippen molar-refractivity contribution in [3.05, 3.63) is 42.1 Å². The highest BCUT2D eigenvalue weighted by Gasteiger charge is 2.13. The number of hydrogen-bond acceptors (Lipinski definition) is 5. The van der Waals surface area contributed by atoms with Crippen molar-refractivity contribution < 1.29 is 14.2 Å². The number of anilines is 1. The molecule has 0 spiro atoms. The zero-order chi connectivity index (χ0) is 15.4. The van der Waals surface area contributed by atoms with Gasteiger partial charge in [0.1, 0.15) is 5.69 Å². The van der Waals surface area contributed by atoms with Crippen LogP contribution in [0.1, 0.15) is 5.56 Å². The minimum atomic E-state index is 0.271. The summed E-state index contributed by atoms with van der Waals surface area (Å²) in [6.07, 6.45) is 1.66. The molecule has 114 valence electrons. The number of aromatic nitrogens is 1. The molecule has 0 atom stereocenters. The number of methoxy groups -OCH3 is 1. The first-order chi connectivity index (χ1) is 10.8. The fourth-order valence-corrected chi connectivity index (χ4v) is 2.23. The Labute approximate surface area is 133 Å². The third-order valence-electron chi connectivity index (χ3n) is 3.10. The van der Waals surface area contributed by atoms with Gasteiger partial charge in [-0.3, -0.25) is 0 Å². The first-order valence-electron chi connectivity index (χ1n) is 6.68. The summed E-state index contributed by atoms with van der Waals surface area (Å²) in [7, 11) is 1.57. The third kappa shape index (κ3) is 3.20. The zero-order valence-corrected chi connectivity index (χ0v) is 12.8. The topological polar surface area (TPSA) is 64.6 Å². The molecule has 2 aromatic rings. The predicted octanol–water partition coefficient (Wildman–Crippen LogP) is 2.31. The number of fused-ring (bicyclic) bond motifs is 1. The average Bonchev–Trinajstić information content (AvgIpc) is 3.01. The van der Waals surface area contributed by atoms with Gasteiger partial charge in [-0.05, 0) is 42.0 Å². The highest BCUT2D eigenvalue weighted by atomic mass is 32.1. The number of thiocarbonyl (C=S) groups is 1. The van der Waals surface area contributed by atoms with E-state index in [9.17, 15) is 0 Å². The lowest BCUT2D eigenvalue weighted by Gasteiger charge is -2.12. The van der Waals surface area contributed by atoms with Crippen LogP contribution in [0.4, 0.5) is 5.69 Å². The zero-order valence-electron chi connectivity index (χ0n) is 12.0. The van der Waals surface area contributed by atoms with Gasteiger partial charge in [0.25, 0.3) is 0 Å². The van der Waals surface area contributed by atoms with E-state index in [-0.39, 0.29) is 6.79 Å². The molecular formula is C15H15N3O3S. The van der Waals surface area contributed by atoms with Crippen LogP contribution < -0.4 is 24.8 Å². The van der Waals surface area contributed by atoms with Crippen LogP contribution in [0.25, 0.3) is 0 Å². The fourth-order valence-electron chi connectivity index (χ4n) is 2.05.